The third-order valence-corrected chi connectivity index (χ3v) is 4.40. The van der Waals surface area contributed by atoms with E-state index in [0.717, 1.165) is 6.54 Å². The summed E-state index contributed by atoms with van der Waals surface area (Å²) in [5.74, 6) is 0.675. The van der Waals surface area contributed by atoms with Crippen molar-refractivity contribution in [3.05, 3.63) is 71.8 Å². The molecule has 2 aromatic rings. The highest BCUT2D eigenvalue weighted by Crippen LogP contribution is 2.33. The lowest BCUT2D eigenvalue weighted by atomic mass is 9.80. The summed E-state index contributed by atoms with van der Waals surface area (Å²) in [4.78, 5) is 0. The van der Waals surface area contributed by atoms with E-state index in [1.54, 1.807) is 0 Å². The van der Waals surface area contributed by atoms with Crippen molar-refractivity contribution in [2.75, 3.05) is 0 Å². The summed E-state index contributed by atoms with van der Waals surface area (Å²) >= 11 is 0. The zero-order chi connectivity index (χ0) is 13.6. The highest BCUT2D eigenvalue weighted by molar-refractivity contribution is 5.22. The van der Waals surface area contributed by atoms with Crippen molar-refractivity contribution in [3.63, 3.8) is 0 Å². The summed E-state index contributed by atoms with van der Waals surface area (Å²) in [6.07, 6.45) is 5.34. The van der Waals surface area contributed by atoms with Gasteiger partial charge in [0.15, 0.2) is 0 Å². The molecule has 2 aromatic carbocycles. The summed E-state index contributed by atoms with van der Waals surface area (Å²) in [7, 11) is 0. The van der Waals surface area contributed by atoms with Crippen LogP contribution in [0.15, 0.2) is 60.7 Å². The van der Waals surface area contributed by atoms with Crippen molar-refractivity contribution >= 4 is 0 Å². The number of nitrogens with one attached hydrogen (secondary N) is 1. The second-order valence-corrected chi connectivity index (χ2v) is 5.77. The van der Waals surface area contributed by atoms with Crippen LogP contribution in [-0.4, -0.2) is 6.04 Å². The smallest absolute Gasteiger partial charge is 0.0208 e. The number of rotatable bonds is 4. The predicted molar refractivity (Wildman–Crippen MR) is 84.7 cm³/mol. The fraction of sp³-hybridized carbons (Fsp3) is 0.368. The minimum atomic E-state index is 0.617. The maximum atomic E-state index is 3.79. The molecular formula is C19H23N. The van der Waals surface area contributed by atoms with Crippen LogP contribution in [0, 0.1) is 0 Å². The quantitative estimate of drug-likeness (QED) is 0.858. The summed E-state index contributed by atoms with van der Waals surface area (Å²) in [6.45, 7) is 0.981. The Bertz CT molecular complexity index is 506. The van der Waals surface area contributed by atoms with E-state index in [-0.39, 0.29) is 0 Å². The molecule has 1 saturated carbocycles. The highest BCUT2D eigenvalue weighted by Gasteiger charge is 2.25. The minimum absolute atomic E-state index is 0.617. The molecule has 0 aromatic heterocycles. The molecule has 20 heavy (non-hydrogen) atoms. The van der Waals surface area contributed by atoms with Crippen LogP contribution in [-0.2, 0) is 6.54 Å². The Morgan fingerprint density at radius 1 is 0.800 bits per heavy atom. The second kappa shape index (κ2) is 6.71. The van der Waals surface area contributed by atoms with Gasteiger partial charge in [-0.15, -0.1) is 0 Å². The van der Waals surface area contributed by atoms with Crippen molar-refractivity contribution in [2.45, 2.75) is 44.2 Å². The minimum Gasteiger partial charge on any atom is -0.309 e. The summed E-state index contributed by atoms with van der Waals surface area (Å²) in [6, 6.07) is 22.3. The molecule has 1 N–H and O–H groups in total. The van der Waals surface area contributed by atoms with Gasteiger partial charge in [0.05, 0.1) is 0 Å². The molecule has 0 radical (unpaired) electrons. The van der Waals surface area contributed by atoms with Gasteiger partial charge in [-0.1, -0.05) is 73.5 Å². The van der Waals surface area contributed by atoms with Crippen molar-refractivity contribution in [3.8, 4) is 0 Å². The van der Waals surface area contributed by atoms with Crippen LogP contribution < -0.4 is 5.32 Å². The fourth-order valence-electron chi connectivity index (χ4n) is 3.32. The molecule has 3 rings (SSSR count). The maximum Gasteiger partial charge on any atom is 0.0208 e. The summed E-state index contributed by atoms with van der Waals surface area (Å²) < 4.78 is 0. The van der Waals surface area contributed by atoms with Crippen LogP contribution in [0.5, 0.6) is 0 Å². The molecule has 1 nitrogen and oxygen atoms in total. The van der Waals surface area contributed by atoms with E-state index in [1.165, 1.54) is 36.8 Å². The van der Waals surface area contributed by atoms with Crippen LogP contribution in [0.1, 0.15) is 42.7 Å². The van der Waals surface area contributed by atoms with Gasteiger partial charge in [0, 0.05) is 12.6 Å². The molecule has 2 atom stereocenters. The van der Waals surface area contributed by atoms with Crippen molar-refractivity contribution in [1.82, 2.24) is 5.32 Å². The molecule has 0 unspecified atom stereocenters. The summed E-state index contributed by atoms with van der Waals surface area (Å²) in [5, 5.41) is 3.79. The Kier molecular flexibility index (Phi) is 4.49. The van der Waals surface area contributed by atoms with Crippen LogP contribution >= 0.6 is 0 Å². The van der Waals surface area contributed by atoms with Crippen molar-refractivity contribution < 1.29 is 0 Å². The van der Waals surface area contributed by atoms with Crippen molar-refractivity contribution in [2.24, 2.45) is 0 Å². The Morgan fingerprint density at radius 3 is 2.20 bits per heavy atom. The molecule has 0 saturated heterocycles. The van der Waals surface area contributed by atoms with Crippen LogP contribution in [0.25, 0.3) is 0 Å². The largest absolute Gasteiger partial charge is 0.309 e. The lowest BCUT2D eigenvalue weighted by molar-refractivity contribution is 0.326. The van der Waals surface area contributed by atoms with Gasteiger partial charge in [-0.3, -0.25) is 0 Å². The Morgan fingerprint density at radius 2 is 1.45 bits per heavy atom. The predicted octanol–water partition coefficient (Wildman–Crippen LogP) is 4.50. The first-order valence-corrected chi connectivity index (χ1v) is 7.76. The molecule has 1 aliphatic carbocycles. The first-order chi connectivity index (χ1) is 9.93. The van der Waals surface area contributed by atoms with Gasteiger partial charge in [-0.05, 0) is 29.9 Å². The van der Waals surface area contributed by atoms with E-state index in [0.29, 0.717) is 12.0 Å². The molecule has 1 heteroatoms. The van der Waals surface area contributed by atoms with E-state index in [9.17, 15) is 0 Å². The molecule has 0 bridgehead atoms. The molecule has 0 heterocycles. The van der Waals surface area contributed by atoms with Gasteiger partial charge >= 0.3 is 0 Å². The van der Waals surface area contributed by atoms with Crippen LogP contribution in [0.3, 0.4) is 0 Å². The highest BCUT2D eigenvalue weighted by atomic mass is 14.9. The summed E-state index contributed by atoms with van der Waals surface area (Å²) in [5.41, 5.74) is 2.88. The molecule has 104 valence electrons. The monoisotopic (exact) mass is 265 g/mol. The lowest BCUT2D eigenvalue weighted by Crippen LogP contribution is -2.36. The fourth-order valence-corrected chi connectivity index (χ4v) is 3.32. The molecule has 0 aliphatic heterocycles. The van der Waals surface area contributed by atoms with Gasteiger partial charge in [0.1, 0.15) is 0 Å². The number of hydrogen-bond donors (Lipinski definition) is 1. The first kappa shape index (κ1) is 13.4. The standard InChI is InChI=1S/C19H23N/c1-3-9-16(10-4-1)15-20-19-14-8-7-13-18(19)17-11-5-2-6-12-17/h1-6,9-12,18-20H,7-8,13-15H2/t18-,19-/m1/s1. The Labute approximate surface area is 122 Å². The third kappa shape index (κ3) is 3.29. The normalized spacial score (nSPS) is 22.6. The van der Waals surface area contributed by atoms with E-state index in [2.05, 4.69) is 66.0 Å². The second-order valence-electron chi connectivity index (χ2n) is 5.77. The van der Waals surface area contributed by atoms with Gasteiger partial charge < -0.3 is 5.32 Å². The molecule has 0 amide bonds. The first-order valence-electron chi connectivity index (χ1n) is 7.76. The van der Waals surface area contributed by atoms with E-state index >= 15 is 0 Å². The number of benzene rings is 2. The van der Waals surface area contributed by atoms with E-state index < -0.39 is 0 Å². The zero-order valence-corrected chi connectivity index (χ0v) is 12.0. The van der Waals surface area contributed by atoms with Gasteiger partial charge in [0.25, 0.3) is 0 Å². The number of hydrogen-bond acceptors (Lipinski definition) is 1. The molecule has 0 spiro atoms. The maximum absolute atomic E-state index is 3.79. The SMILES string of the molecule is c1ccc(CN[C@@H]2CCCC[C@@H]2c2ccccc2)cc1. The zero-order valence-electron chi connectivity index (χ0n) is 12.0. The molecule has 1 aliphatic rings. The topological polar surface area (TPSA) is 12.0 Å². The Hall–Kier alpha value is -1.60. The molecular weight excluding hydrogens is 242 g/mol. The van der Waals surface area contributed by atoms with E-state index in [4.69, 9.17) is 0 Å². The Balaban J connectivity index is 1.67. The van der Waals surface area contributed by atoms with E-state index in [1.807, 2.05) is 0 Å². The molecule has 1 fully saturated rings. The van der Waals surface area contributed by atoms with Gasteiger partial charge in [-0.2, -0.15) is 0 Å². The lowest BCUT2D eigenvalue weighted by Gasteiger charge is -2.33. The average molecular weight is 265 g/mol. The van der Waals surface area contributed by atoms with Gasteiger partial charge in [-0.25, -0.2) is 0 Å². The van der Waals surface area contributed by atoms with Crippen LogP contribution in [0.4, 0.5) is 0 Å². The van der Waals surface area contributed by atoms with Crippen LogP contribution in [0.2, 0.25) is 0 Å². The van der Waals surface area contributed by atoms with Crippen molar-refractivity contribution in [1.29, 1.82) is 0 Å². The van der Waals surface area contributed by atoms with Gasteiger partial charge in [0.2, 0.25) is 0 Å². The average Bonchev–Trinajstić information content (AvgIpc) is 2.55. The third-order valence-electron chi connectivity index (χ3n) is 4.40.